The van der Waals surface area contributed by atoms with E-state index in [-0.39, 0.29) is 27.8 Å². The molecule has 2 heterocycles. The predicted molar refractivity (Wildman–Crippen MR) is 119 cm³/mol. The van der Waals surface area contributed by atoms with Crippen LogP contribution in [0, 0.1) is 6.92 Å². The highest BCUT2D eigenvalue weighted by Crippen LogP contribution is 2.34. The van der Waals surface area contributed by atoms with E-state index in [0.717, 1.165) is 23.1 Å². The minimum absolute atomic E-state index is 0.0549. The van der Waals surface area contributed by atoms with Crippen molar-refractivity contribution in [1.82, 2.24) is 20.2 Å². The van der Waals surface area contributed by atoms with Gasteiger partial charge < -0.3 is 20.5 Å². The maximum atomic E-state index is 12.6. The zero-order chi connectivity index (χ0) is 23.3. The number of hydrogen-bond acceptors (Lipinski definition) is 10. The van der Waals surface area contributed by atoms with Crippen LogP contribution in [0.1, 0.15) is 32.5 Å². The standard InChI is InChI=1S/C19H20N6O5S2/c1-4-30-18(28)14-10(2)15(16(20)27)32-17(14)21-13(26)9-31-19-22-23-24-25(19)11-7-5-6-8-12(11)29-3/h5-8H,4,9H2,1-3H3,(H2,20,27)(H,21,26). The number of nitrogens with one attached hydrogen (secondary N) is 1. The smallest absolute Gasteiger partial charge is 0.341 e. The van der Waals surface area contributed by atoms with Crippen LogP contribution in [-0.2, 0) is 9.53 Å². The second kappa shape index (κ2) is 10.2. The van der Waals surface area contributed by atoms with E-state index >= 15 is 0 Å². The number of benzene rings is 1. The van der Waals surface area contributed by atoms with Gasteiger partial charge in [0.1, 0.15) is 16.4 Å². The van der Waals surface area contributed by atoms with E-state index in [0.29, 0.717) is 22.2 Å². The molecule has 3 aromatic rings. The molecule has 0 bridgehead atoms. The number of nitrogens with two attached hydrogens (primary N) is 1. The van der Waals surface area contributed by atoms with Crippen molar-refractivity contribution >= 4 is 45.9 Å². The Balaban J connectivity index is 1.77. The Labute approximate surface area is 191 Å². The normalized spacial score (nSPS) is 10.6. The highest BCUT2D eigenvalue weighted by Gasteiger charge is 2.26. The molecule has 11 nitrogen and oxygen atoms in total. The number of methoxy groups -OCH3 is 1. The average molecular weight is 477 g/mol. The maximum Gasteiger partial charge on any atom is 0.341 e. The van der Waals surface area contributed by atoms with Gasteiger partial charge in [0.05, 0.1) is 29.9 Å². The van der Waals surface area contributed by atoms with Crippen molar-refractivity contribution in [2.45, 2.75) is 19.0 Å². The van der Waals surface area contributed by atoms with Crippen molar-refractivity contribution in [1.29, 1.82) is 0 Å². The van der Waals surface area contributed by atoms with Crippen LogP contribution in [0.2, 0.25) is 0 Å². The SMILES string of the molecule is CCOC(=O)c1c(NC(=O)CSc2nnnn2-c2ccccc2OC)sc(C(N)=O)c1C. The molecular formula is C19H20N6O5S2. The fraction of sp³-hybridized carbons (Fsp3) is 0.263. The molecule has 0 saturated heterocycles. The summed E-state index contributed by atoms with van der Waals surface area (Å²) in [6.45, 7) is 3.39. The molecule has 0 aliphatic rings. The second-order valence-corrected chi connectivity index (χ2v) is 8.19. The Morgan fingerprint density at radius 3 is 2.72 bits per heavy atom. The Kier molecular flexibility index (Phi) is 7.43. The summed E-state index contributed by atoms with van der Waals surface area (Å²) in [5, 5.41) is 14.8. The first-order valence-electron chi connectivity index (χ1n) is 9.32. The summed E-state index contributed by atoms with van der Waals surface area (Å²) in [6, 6.07) is 7.18. The van der Waals surface area contributed by atoms with Crippen LogP contribution in [0.5, 0.6) is 5.75 Å². The monoisotopic (exact) mass is 476 g/mol. The van der Waals surface area contributed by atoms with Crippen molar-refractivity contribution in [3.8, 4) is 11.4 Å². The van der Waals surface area contributed by atoms with Gasteiger partial charge in [-0.05, 0) is 42.0 Å². The zero-order valence-corrected chi connectivity index (χ0v) is 19.1. The van der Waals surface area contributed by atoms with Crippen LogP contribution in [0.15, 0.2) is 29.4 Å². The molecule has 2 amide bonds. The molecule has 0 radical (unpaired) electrons. The Hall–Kier alpha value is -3.45. The molecule has 0 aliphatic carbocycles. The van der Waals surface area contributed by atoms with Gasteiger partial charge in [0, 0.05) is 0 Å². The Morgan fingerprint density at radius 1 is 1.28 bits per heavy atom. The summed E-state index contributed by atoms with van der Waals surface area (Å²) in [6.07, 6.45) is 0. The van der Waals surface area contributed by atoms with Gasteiger partial charge in [-0.25, -0.2) is 4.79 Å². The van der Waals surface area contributed by atoms with Crippen LogP contribution < -0.4 is 15.8 Å². The highest BCUT2D eigenvalue weighted by molar-refractivity contribution is 7.99. The summed E-state index contributed by atoms with van der Waals surface area (Å²) in [7, 11) is 1.54. The molecule has 3 N–H and O–H groups in total. The number of primary amides is 1. The minimum atomic E-state index is -0.691. The molecule has 0 saturated carbocycles. The molecule has 13 heteroatoms. The molecule has 168 valence electrons. The first-order chi connectivity index (χ1) is 15.4. The number of hydrogen-bond donors (Lipinski definition) is 2. The van der Waals surface area contributed by atoms with Crippen molar-refractivity contribution in [3.05, 3.63) is 40.3 Å². The third kappa shape index (κ3) is 4.89. The molecular weight excluding hydrogens is 456 g/mol. The molecule has 0 atom stereocenters. The molecule has 3 rings (SSSR count). The number of ether oxygens (including phenoxy) is 2. The molecule has 0 unspecified atom stereocenters. The molecule has 0 aliphatic heterocycles. The molecule has 1 aromatic carbocycles. The van der Waals surface area contributed by atoms with Gasteiger partial charge >= 0.3 is 5.97 Å². The summed E-state index contributed by atoms with van der Waals surface area (Å²) in [5.41, 5.74) is 6.48. The number of esters is 1. The van der Waals surface area contributed by atoms with Crippen LogP contribution in [0.3, 0.4) is 0 Å². The van der Waals surface area contributed by atoms with E-state index < -0.39 is 17.8 Å². The molecule has 2 aromatic heterocycles. The largest absolute Gasteiger partial charge is 0.494 e. The predicted octanol–water partition coefficient (Wildman–Crippen LogP) is 2.05. The van der Waals surface area contributed by atoms with Gasteiger partial charge in [-0.1, -0.05) is 23.9 Å². The van der Waals surface area contributed by atoms with Gasteiger partial charge in [-0.15, -0.1) is 16.4 Å². The Bertz CT molecular complexity index is 1160. The van der Waals surface area contributed by atoms with Crippen molar-refractivity contribution in [3.63, 3.8) is 0 Å². The quantitative estimate of drug-likeness (QED) is 0.349. The number of nitrogens with zero attached hydrogens (tertiary/aromatic N) is 4. The van der Waals surface area contributed by atoms with Crippen molar-refractivity contribution in [2.24, 2.45) is 5.73 Å². The van der Waals surface area contributed by atoms with Gasteiger partial charge in [-0.2, -0.15) is 4.68 Å². The van der Waals surface area contributed by atoms with E-state index in [4.69, 9.17) is 15.2 Å². The third-order valence-electron chi connectivity index (χ3n) is 4.19. The van der Waals surface area contributed by atoms with Gasteiger partial charge in [-0.3, -0.25) is 9.59 Å². The number of thiophene rings is 1. The topological polar surface area (TPSA) is 151 Å². The summed E-state index contributed by atoms with van der Waals surface area (Å²) in [5.74, 6) is -1.24. The van der Waals surface area contributed by atoms with E-state index in [1.165, 1.54) is 11.8 Å². The summed E-state index contributed by atoms with van der Waals surface area (Å²) in [4.78, 5) is 36.8. The first kappa shape index (κ1) is 23.2. The first-order valence-corrected chi connectivity index (χ1v) is 11.1. The van der Waals surface area contributed by atoms with Gasteiger partial charge in [0.15, 0.2) is 0 Å². The number of anilines is 1. The number of carbonyl (C=O) groups is 3. The summed E-state index contributed by atoms with van der Waals surface area (Å²) < 4.78 is 11.8. The molecule has 32 heavy (non-hydrogen) atoms. The lowest BCUT2D eigenvalue weighted by Crippen LogP contribution is -2.17. The lowest BCUT2D eigenvalue weighted by molar-refractivity contribution is -0.113. The van der Waals surface area contributed by atoms with Crippen LogP contribution >= 0.6 is 23.1 Å². The van der Waals surface area contributed by atoms with Gasteiger partial charge in [0.2, 0.25) is 11.1 Å². The minimum Gasteiger partial charge on any atom is -0.494 e. The zero-order valence-electron chi connectivity index (χ0n) is 17.4. The highest BCUT2D eigenvalue weighted by atomic mass is 32.2. The van der Waals surface area contributed by atoms with Crippen LogP contribution in [-0.4, -0.2) is 57.5 Å². The Morgan fingerprint density at radius 2 is 2.03 bits per heavy atom. The number of rotatable bonds is 9. The van der Waals surface area contributed by atoms with E-state index in [1.54, 1.807) is 26.0 Å². The van der Waals surface area contributed by atoms with Crippen LogP contribution in [0.4, 0.5) is 5.00 Å². The van der Waals surface area contributed by atoms with Crippen molar-refractivity contribution in [2.75, 3.05) is 24.8 Å². The molecule has 0 spiro atoms. The van der Waals surface area contributed by atoms with E-state index in [1.807, 2.05) is 12.1 Å². The summed E-state index contributed by atoms with van der Waals surface area (Å²) >= 11 is 2.02. The van der Waals surface area contributed by atoms with Crippen molar-refractivity contribution < 1.29 is 23.9 Å². The van der Waals surface area contributed by atoms with E-state index in [9.17, 15) is 14.4 Å². The second-order valence-electron chi connectivity index (χ2n) is 6.23. The fourth-order valence-electron chi connectivity index (χ4n) is 2.80. The van der Waals surface area contributed by atoms with Gasteiger partial charge in [0.25, 0.3) is 5.91 Å². The number of tetrazole rings is 1. The lowest BCUT2D eigenvalue weighted by Gasteiger charge is -2.09. The number of amides is 2. The third-order valence-corrected chi connectivity index (χ3v) is 6.33. The number of para-hydroxylation sites is 2. The number of carbonyl (C=O) groups excluding carboxylic acids is 3. The average Bonchev–Trinajstić information content (AvgIpc) is 3.36. The van der Waals surface area contributed by atoms with Crippen LogP contribution in [0.25, 0.3) is 5.69 Å². The number of thioether (sulfide) groups is 1. The number of aromatic nitrogens is 4. The van der Waals surface area contributed by atoms with E-state index in [2.05, 4.69) is 20.8 Å². The molecule has 0 fully saturated rings. The fourth-order valence-corrected chi connectivity index (χ4v) is 4.55. The lowest BCUT2D eigenvalue weighted by atomic mass is 10.1. The maximum absolute atomic E-state index is 12.6.